The highest BCUT2D eigenvalue weighted by atomic mass is 32.1. The van der Waals surface area contributed by atoms with Crippen molar-refractivity contribution in [3.63, 3.8) is 0 Å². The highest BCUT2D eigenvalue weighted by Crippen LogP contribution is 2.37. The van der Waals surface area contributed by atoms with Crippen LogP contribution in [0.15, 0.2) is 80.4 Å². The van der Waals surface area contributed by atoms with E-state index in [9.17, 15) is 47.9 Å². The van der Waals surface area contributed by atoms with Crippen LogP contribution in [0.4, 0.5) is 8.78 Å². The summed E-state index contributed by atoms with van der Waals surface area (Å²) in [6, 6.07) is 11.7. The highest BCUT2D eigenvalue weighted by Gasteiger charge is 2.38. The van der Waals surface area contributed by atoms with Gasteiger partial charge in [0.2, 0.25) is 0 Å². The number of aromatic nitrogens is 10. The maximum absolute atomic E-state index is 14.4. The van der Waals surface area contributed by atoms with Gasteiger partial charge < -0.3 is 29.8 Å². The predicted molar refractivity (Wildman–Crippen MR) is 305 cm³/mol. The van der Waals surface area contributed by atoms with Gasteiger partial charge in [0.05, 0.1) is 75.0 Å². The normalized spacial score (nSPS) is 12.3. The standard InChI is InChI=1S/C28H31FN6O5S.C24H23FN6O6S.C3H9N/c1-16(2)13-22(36)28(4,5)34-24(37)23-17(3)25(35-31-10-11-32-35)41-26(23)33(27(34)38)15-21(40-12-9-30)19-14-18(29)7-8-20(19)39-6;1-13-18-19(32)30(24(2,3)22(33)34)23(35)29(21(18)38-20(13)31-27-8-9-28-31)12-17(37-10-7-26)15-11-14(25)5-6-16(15)36-4;1-3(2)4/h7-8,10-11,14,16,21H,12-13,15H2,1-6H3;5-6,8-9,11,17H,10,12H2,1-4H3,(H,33,34);3H,4H2,1-2H3/t21-;17-;/m00./s1. The van der Waals surface area contributed by atoms with Crippen molar-refractivity contribution in [2.75, 3.05) is 27.4 Å². The van der Waals surface area contributed by atoms with Crippen molar-refractivity contribution in [3.8, 4) is 33.6 Å². The molecule has 0 aliphatic carbocycles. The first-order chi connectivity index (χ1) is 39.2. The van der Waals surface area contributed by atoms with Gasteiger partial charge in [-0.25, -0.2) is 32.3 Å². The Morgan fingerprint density at radius 2 is 1.04 bits per heavy atom. The van der Waals surface area contributed by atoms with Crippen molar-refractivity contribution in [1.29, 1.82) is 10.5 Å². The molecule has 24 nitrogen and oxygen atoms in total. The molecule has 0 aliphatic rings. The number of halogens is 2. The van der Waals surface area contributed by atoms with Crippen LogP contribution in [0.3, 0.4) is 0 Å². The summed E-state index contributed by atoms with van der Waals surface area (Å²) in [4.78, 5) is 84.3. The Morgan fingerprint density at radius 3 is 1.36 bits per heavy atom. The fraction of sp³-hybridized carbons (Fsp3) is 0.418. The molecule has 0 spiro atoms. The van der Waals surface area contributed by atoms with E-state index in [2.05, 4.69) is 20.4 Å². The molecule has 28 heteroatoms. The van der Waals surface area contributed by atoms with E-state index in [0.717, 1.165) is 27.2 Å². The van der Waals surface area contributed by atoms with Crippen LogP contribution in [-0.4, -0.2) is 98.6 Å². The number of rotatable bonds is 20. The van der Waals surface area contributed by atoms with E-state index in [4.69, 9.17) is 29.9 Å². The summed E-state index contributed by atoms with van der Waals surface area (Å²) in [5.74, 6) is -2.28. The van der Waals surface area contributed by atoms with E-state index < -0.39 is 70.0 Å². The zero-order valence-electron chi connectivity index (χ0n) is 47.7. The monoisotopic (exact) mass is 1180 g/mol. The summed E-state index contributed by atoms with van der Waals surface area (Å²) in [5.41, 5.74) is 0.106. The van der Waals surface area contributed by atoms with Gasteiger partial charge >= 0.3 is 17.3 Å². The van der Waals surface area contributed by atoms with Gasteiger partial charge in [-0.15, -0.1) is 9.59 Å². The molecular formula is C55H63F2N13O11S2. The number of Topliss-reactive ketones (excluding diaryl/α,β-unsaturated/α-hetero) is 1. The van der Waals surface area contributed by atoms with Gasteiger partial charge in [0.25, 0.3) is 11.1 Å². The van der Waals surface area contributed by atoms with Crippen molar-refractivity contribution >= 4 is 54.9 Å². The number of nitrogens with zero attached hydrogens (tertiary/aromatic N) is 12. The molecule has 8 rings (SSSR count). The number of ketones is 1. The molecule has 2 atom stereocenters. The number of fused-ring (bicyclic) bond motifs is 2. The van der Waals surface area contributed by atoms with Crippen LogP contribution in [0.5, 0.6) is 11.5 Å². The minimum atomic E-state index is -1.91. The van der Waals surface area contributed by atoms with Gasteiger partial charge in [-0.05, 0) is 89.9 Å². The van der Waals surface area contributed by atoms with Crippen LogP contribution >= 0.6 is 22.7 Å². The van der Waals surface area contributed by atoms with Crippen molar-refractivity contribution in [1.82, 2.24) is 48.3 Å². The lowest BCUT2D eigenvalue weighted by Crippen LogP contribution is -2.53. The molecule has 0 saturated heterocycles. The quantitative estimate of drug-likeness (QED) is 0.0810. The molecule has 2 aromatic carbocycles. The van der Waals surface area contributed by atoms with Gasteiger partial charge in [0.1, 0.15) is 79.3 Å². The third-order valence-corrected chi connectivity index (χ3v) is 15.5. The number of carbonyl (C=O) groups is 2. The largest absolute Gasteiger partial charge is 0.496 e. The number of hydrogen-bond acceptors (Lipinski definition) is 19. The van der Waals surface area contributed by atoms with Crippen molar-refractivity contribution in [2.45, 2.75) is 118 Å². The summed E-state index contributed by atoms with van der Waals surface area (Å²) < 4.78 is 55.1. The number of carbonyl (C=O) groups excluding carboxylic acids is 1. The Morgan fingerprint density at radius 1 is 0.675 bits per heavy atom. The molecule has 0 fully saturated rings. The molecule has 0 aliphatic heterocycles. The van der Waals surface area contributed by atoms with Gasteiger partial charge in [-0.3, -0.25) is 23.5 Å². The fourth-order valence-corrected chi connectivity index (χ4v) is 11.3. The number of ether oxygens (including phenoxy) is 4. The first kappa shape index (κ1) is 63.6. The molecule has 0 amide bonds. The average Bonchev–Trinajstić information content (AvgIpc) is 2.42. The Bertz CT molecular complexity index is 3990. The van der Waals surface area contributed by atoms with Crippen LogP contribution in [0.1, 0.15) is 96.3 Å². The summed E-state index contributed by atoms with van der Waals surface area (Å²) in [6.07, 6.45) is 3.95. The molecule has 440 valence electrons. The molecule has 6 aromatic heterocycles. The number of nitrogens with two attached hydrogens (primary N) is 1. The Hall–Kier alpha value is -8.54. The van der Waals surface area contributed by atoms with Crippen molar-refractivity contribution in [2.24, 2.45) is 11.7 Å². The van der Waals surface area contributed by atoms with E-state index in [-0.39, 0.29) is 70.3 Å². The predicted octanol–water partition coefficient (Wildman–Crippen LogP) is 6.61. The number of carboxylic acid groups (broad SMARTS) is 1. The zero-order chi connectivity index (χ0) is 61.4. The van der Waals surface area contributed by atoms with Crippen LogP contribution in [-0.2, 0) is 43.2 Å². The number of aliphatic carboxylic acids is 1. The summed E-state index contributed by atoms with van der Waals surface area (Å²) >= 11 is 2.18. The number of aryl methyl sites for hydroxylation is 2. The first-order valence-electron chi connectivity index (χ1n) is 25.7. The Kier molecular flexibility index (Phi) is 20.4. The van der Waals surface area contributed by atoms with Crippen LogP contribution in [0.2, 0.25) is 0 Å². The average molecular weight is 1180 g/mol. The number of thiophene rings is 2. The first-order valence-corrected chi connectivity index (χ1v) is 27.3. The van der Waals surface area contributed by atoms with E-state index in [0.29, 0.717) is 42.3 Å². The molecule has 3 N–H and O–H groups in total. The van der Waals surface area contributed by atoms with E-state index in [1.54, 1.807) is 27.7 Å². The van der Waals surface area contributed by atoms with Gasteiger partial charge in [-0.1, -0.05) is 50.4 Å². The zero-order valence-corrected chi connectivity index (χ0v) is 49.3. The van der Waals surface area contributed by atoms with Crippen LogP contribution in [0, 0.1) is 54.1 Å². The third-order valence-electron chi connectivity index (χ3n) is 13.0. The Balaban J connectivity index is 0.000000251. The van der Waals surface area contributed by atoms with Crippen LogP contribution in [0.25, 0.3) is 30.4 Å². The topological polar surface area (TPSA) is 314 Å². The van der Waals surface area contributed by atoms with E-state index >= 15 is 0 Å². The molecule has 83 heavy (non-hydrogen) atoms. The third kappa shape index (κ3) is 13.4. The second-order valence-corrected chi connectivity index (χ2v) is 22.5. The SMILES string of the molecule is CC(C)N.COc1ccc(F)cc1[C@H](Cn1c(=O)n(C(C)(C)C(=O)CC(C)C)c(=O)c2c(C)c(-n3nccn3)sc21)OCC#N.COc1ccc(F)cc1[C@H](Cn1c(=O)n(C(C)(C)C(=O)O)c(=O)c2c(C)c(-n3nccn3)sc21)OCC#N. The molecule has 0 saturated carbocycles. The number of methoxy groups -OCH3 is 2. The van der Waals surface area contributed by atoms with Crippen LogP contribution < -0.4 is 37.7 Å². The second kappa shape index (κ2) is 26.6. The summed E-state index contributed by atoms with van der Waals surface area (Å²) in [6.45, 7) is 15.3. The minimum absolute atomic E-state index is 0.00742. The molecule has 8 aromatic rings. The van der Waals surface area contributed by atoms with E-state index in [1.165, 1.54) is 108 Å². The molecule has 0 radical (unpaired) electrons. The number of hydrogen-bond donors (Lipinski definition) is 2. The fourth-order valence-electron chi connectivity index (χ4n) is 8.84. The lowest BCUT2D eigenvalue weighted by molar-refractivity contribution is -0.146. The lowest BCUT2D eigenvalue weighted by Gasteiger charge is -2.28. The second-order valence-electron chi connectivity index (χ2n) is 20.5. The molecule has 0 bridgehead atoms. The summed E-state index contributed by atoms with van der Waals surface area (Å²) in [5, 5.41) is 46.1. The minimum Gasteiger partial charge on any atom is -0.496 e. The number of benzene rings is 2. The number of carboxylic acids is 1. The molecule has 6 heterocycles. The van der Waals surface area contributed by atoms with E-state index in [1.807, 2.05) is 39.8 Å². The summed E-state index contributed by atoms with van der Waals surface area (Å²) in [7, 11) is 2.79. The highest BCUT2D eigenvalue weighted by molar-refractivity contribution is 7.21. The Labute approximate surface area is 481 Å². The maximum atomic E-state index is 14.4. The van der Waals surface area contributed by atoms with Gasteiger partial charge in [-0.2, -0.15) is 30.9 Å². The van der Waals surface area contributed by atoms with Gasteiger partial charge in [0, 0.05) is 28.7 Å². The molecule has 0 unspecified atom stereocenters. The van der Waals surface area contributed by atoms with Gasteiger partial charge in [0.15, 0.2) is 5.78 Å². The number of nitriles is 2. The lowest BCUT2D eigenvalue weighted by atomic mass is 9.91. The van der Waals surface area contributed by atoms with Crippen molar-refractivity contribution < 1.29 is 42.4 Å². The molecular weight excluding hydrogens is 1120 g/mol. The van der Waals surface area contributed by atoms with Crippen molar-refractivity contribution in [3.05, 3.63) is 137 Å². The maximum Gasteiger partial charge on any atom is 0.333 e. The smallest absolute Gasteiger partial charge is 0.333 e.